The van der Waals surface area contributed by atoms with Gasteiger partial charge >= 0.3 is 0 Å². The van der Waals surface area contributed by atoms with Crippen LogP contribution in [-0.2, 0) is 6.54 Å². The predicted molar refractivity (Wildman–Crippen MR) is 77.9 cm³/mol. The number of hydrogen-bond acceptors (Lipinski definition) is 4. The first kappa shape index (κ1) is 13.6. The number of hydrogen-bond donors (Lipinski definition) is 1. The lowest BCUT2D eigenvalue weighted by molar-refractivity contribution is 0.126. The summed E-state index contributed by atoms with van der Waals surface area (Å²) in [5.41, 5.74) is 0.00879. The van der Waals surface area contributed by atoms with Crippen LogP contribution in [0, 0.1) is 5.92 Å². The van der Waals surface area contributed by atoms with E-state index in [0.717, 1.165) is 32.2 Å². The van der Waals surface area contributed by atoms with Crippen LogP contribution in [0.4, 0.5) is 5.82 Å². The molecule has 1 N–H and O–H groups in total. The quantitative estimate of drug-likeness (QED) is 0.907. The van der Waals surface area contributed by atoms with Crippen molar-refractivity contribution in [1.82, 2.24) is 9.55 Å². The summed E-state index contributed by atoms with van der Waals surface area (Å²) in [7, 11) is 0. The standard InChI is InChI=1S/C15H23N3O2/c1-10(2)9-17-6-5-16-14(15(17)20)18-11-3-4-12(18)8-13(19)7-11/h5-6,10-13,19H,3-4,7-9H2,1-2H3. The first-order valence-electron chi connectivity index (χ1n) is 7.58. The van der Waals surface area contributed by atoms with Crippen molar-refractivity contribution in [2.45, 2.75) is 64.3 Å². The molecule has 0 aliphatic carbocycles. The Kier molecular flexibility index (Phi) is 3.54. The molecule has 2 atom stereocenters. The predicted octanol–water partition coefficient (Wildman–Crippen LogP) is 1.39. The van der Waals surface area contributed by atoms with Crippen LogP contribution in [-0.4, -0.2) is 32.8 Å². The maximum Gasteiger partial charge on any atom is 0.293 e. The van der Waals surface area contributed by atoms with Gasteiger partial charge in [0.15, 0.2) is 5.82 Å². The highest BCUT2D eigenvalue weighted by Gasteiger charge is 2.41. The van der Waals surface area contributed by atoms with Gasteiger partial charge in [-0.15, -0.1) is 0 Å². The van der Waals surface area contributed by atoms with Crippen molar-refractivity contribution in [2.24, 2.45) is 5.92 Å². The zero-order valence-electron chi connectivity index (χ0n) is 12.2. The summed E-state index contributed by atoms with van der Waals surface area (Å²) in [5.74, 6) is 1.01. The average molecular weight is 277 g/mol. The monoisotopic (exact) mass is 277 g/mol. The molecule has 2 fully saturated rings. The summed E-state index contributed by atoms with van der Waals surface area (Å²) in [6, 6.07) is 0.553. The van der Waals surface area contributed by atoms with Crippen LogP contribution in [0.5, 0.6) is 0 Å². The first-order valence-corrected chi connectivity index (χ1v) is 7.58. The van der Waals surface area contributed by atoms with Crippen molar-refractivity contribution >= 4 is 5.82 Å². The number of aromatic nitrogens is 2. The Morgan fingerprint density at radius 1 is 1.35 bits per heavy atom. The molecule has 1 aromatic rings. The lowest BCUT2D eigenvalue weighted by atomic mass is 10.00. The highest BCUT2D eigenvalue weighted by Crippen LogP contribution is 2.37. The molecule has 0 radical (unpaired) electrons. The van der Waals surface area contributed by atoms with Crippen LogP contribution in [0.15, 0.2) is 17.2 Å². The van der Waals surface area contributed by atoms with E-state index in [1.807, 2.05) is 0 Å². The largest absolute Gasteiger partial charge is 0.393 e. The summed E-state index contributed by atoms with van der Waals surface area (Å²) >= 11 is 0. The summed E-state index contributed by atoms with van der Waals surface area (Å²) < 4.78 is 1.76. The molecule has 3 rings (SSSR count). The number of nitrogens with zero attached hydrogens (tertiary/aromatic N) is 3. The van der Waals surface area contributed by atoms with Crippen molar-refractivity contribution in [1.29, 1.82) is 0 Å². The van der Waals surface area contributed by atoms with Gasteiger partial charge in [-0.2, -0.15) is 0 Å². The fraction of sp³-hybridized carbons (Fsp3) is 0.733. The first-order chi connectivity index (χ1) is 9.56. The minimum absolute atomic E-state index is 0.00879. The summed E-state index contributed by atoms with van der Waals surface area (Å²) in [6.07, 6.45) is 6.92. The third kappa shape index (κ3) is 2.35. The van der Waals surface area contributed by atoms with E-state index in [0.29, 0.717) is 11.7 Å². The number of fused-ring (bicyclic) bond motifs is 2. The molecule has 2 aliphatic rings. The van der Waals surface area contributed by atoms with E-state index >= 15 is 0 Å². The molecular formula is C15H23N3O2. The van der Waals surface area contributed by atoms with E-state index in [1.54, 1.807) is 17.0 Å². The Morgan fingerprint density at radius 3 is 2.60 bits per heavy atom. The van der Waals surface area contributed by atoms with E-state index in [2.05, 4.69) is 23.7 Å². The zero-order valence-corrected chi connectivity index (χ0v) is 12.2. The highest BCUT2D eigenvalue weighted by molar-refractivity contribution is 5.42. The fourth-order valence-electron chi connectivity index (χ4n) is 3.64. The molecule has 1 aromatic heterocycles. The fourth-order valence-corrected chi connectivity index (χ4v) is 3.64. The van der Waals surface area contributed by atoms with Gasteiger partial charge in [0.1, 0.15) is 0 Å². The molecule has 2 saturated heterocycles. The van der Waals surface area contributed by atoms with Crippen molar-refractivity contribution < 1.29 is 5.11 Å². The minimum atomic E-state index is -0.217. The van der Waals surface area contributed by atoms with Crippen molar-refractivity contribution in [3.63, 3.8) is 0 Å². The normalized spacial score (nSPS) is 29.2. The van der Waals surface area contributed by atoms with Gasteiger partial charge in [0.05, 0.1) is 6.10 Å². The molecule has 2 aliphatic heterocycles. The SMILES string of the molecule is CC(C)Cn1ccnc(N2C3CCC2CC(O)C3)c1=O. The molecule has 20 heavy (non-hydrogen) atoms. The maximum atomic E-state index is 12.6. The Labute approximate surface area is 119 Å². The van der Waals surface area contributed by atoms with Crippen molar-refractivity contribution in [2.75, 3.05) is 4.90 Å². The molecule has 3 heterocycles. The molecular weight excluding hydrogens is 254 g/mol. The molecule has 5 heteroatoms. The molecule has 0 aromatic carbocycles. The second-order valence-corrected chi connectivity index (χ2v) is 6.52. The van der Waals surface area contributed by atoms with E-state index in [4.69, 9.17) is 0 Å². The topological polar surface area (TPSA) is 58.4 Å². The van der Waals surface area contributed by atoms with Crippen LogP contribution in [0.2, 0.25) is 0 Å². The number of piperidine rings is 1. The van der Waals surface area contributed by atoms with Crippen LogP contribution in [0.25, 0.3) is 0 Å². The Balaban J connectivity index is 1.93. The summed E-state index contributed by atoms with van der Waals surface area (Å²) in [6.45, 7) is 4.93. The van der Waals surface area contributed by atoms with Gasteiger partial charge in [0.2, 0.25) is 0 Å². The Hall–Kier alpha value is -1.36. The third-order valence-corrected chi connectivity index (χ3v) is 4.41. The third-order valence-electron chi connectivity index (χ3n) is 4.41. The van der Waals surface area contributed by atoms with Crippen molar-refractivity contribution in [3.8, 4) is 0 Å². The second-order valence-electron chi connectivity index (χ2n) is 6.52. The van der Waals surface area contributed by atoms with Crippen molar-refractivity contribution in [3.05, 3.63) is 22.7 Å². The molecule has 0 saturated carbocycles. The number of aliphatic hydroxyl groups excluding tert-OH is 1. The highest BCUT2D eigenvalue weighted by atomic mass is 16.3. The molecule has 5 nitrogen and oxygen atoms in total. The summed E-state index contributed by atoms with van der Waals surface area (Å²) in [5, 5.41) is 9.87. The second kappa shape index (κ2) is 5.20. The van der Waals surface area contributed by atoms with Gasteiger partial charge in [-0.05, 0) is 31.6 Å². The molecule has 0 amide bonds. The van der Waals surface area contributed by atoms with Crippen LogP contribution in [0.1, 0.15) is 39.5 Å². The van der Waals surface area contributed by atoms with Crippen LogP contribution >= 0.6 is 0 Å². The van der Waals surface area contributed by atoms with Gasteiger partial charge in [0, 0.05) is 31.0 Å². The minimum Gasteiger partial charge on any atom is -0.393 e. The van der Waals surface area contributed by atoms with E-state index in [-0.39, 0.29) is 23.7 Å². The van der Waals surface area contributed by atoms with Gasteiger partial charge in [-0.25, -0.2) is 4.98 Å². The van der Waals surface area contributed by atoms with E-state index in [1.165, 1.54) is 0 Å². The van der Waals surface area contributed by atoms with Gasteiger partial charge < -0.3 is 14.6 Å². The lowest BCUT2D eigenvalue weighted by Gasteiger charge is -2.37. The van der Waals surface area contributed by atoms with E-state index in [9.17, 15) is 9.90 Å². The molecule has 110 valence electrons. The van der Waals surface area contributed by atoms with Gasteiger partial charge in [0.25, 0.3) is 5.56 Å². The maximum absolute atomic E-state index is 12.6. The summed E-state index contributed by atoms with van der Waals surface area (Å²) in [4.78, 5) is 19.1. The zero-order chi connectivity index (χ0) is 14.3. The number of rotatable bonds is 3. The molecule has 0 spiro atoms. The molecule has 2 bridgehead atoms. The Morgan fingerprint density at radius 2 is 2.00 bits per heavy atom. The Bertz CT molecular complexity index is 526. The lowest BCUT2D eigenvalue weighted by Crippen LogP contribution is -2.48. The van der Waals surface area contributed by atoms with Crippen LogP contribution < -0.4 is 10.5 Å². The number of anilines is 1. The van der Waals surface area contributed by atoms with Gasteiger partial charge in [-0.1, -0.05) is 13.8 Å². The average Bonchev–Trinajstić information content (AvgIpc) is 2.64. The van der Waals surface area contributed by atoms with Crippen LogP contribution in [0.3, 0.4) is 0 Å². The number of aliphatic hydroxyl groups is 1. The van der Waals surface area contributed by atoms with Gasteiger partial charge in [-0.3, -0.25) is 4.79 Å². The smallest absolute Gasteiger partial charge is 0.293 e. The van der Waals surface area contributed by atoms with E-state index < -0.39 is 0 Å². The molecule has 2 unspecified atom stereocenters.